The summed E-state index contributed by atoms with van der Waals surface area (Å²) in [5, 5.41) is 3.41. The van der Waals surface area contributed by atoms with Crippen LogP contribution in [0.4, 0.5) is 5.69 Å². The molecule has 0 spiro atoms. The number of thioether (sulfide) groups is 1. The third kappa shape index (κ3) is 4.43. The first-order valence-electron chi connectivity index (χ1n) is 9.39. The van der Waals surface area contributed by atoms with Crippen LogP contribution in [-0.2, 0) is 4.79 Å². The SMILES string of the molecule is CCOc1ccc(N=C2NC(=O)/C(=C\c3cccn3-c3cccc(C)c3)S2)cc1. The molecule has 1 aromatic heterocycles. The fourth-order valence-electron chi connectivity index (χ4n) is 3.04. The molecule has 2 heterocycles. The summed E-state index contributed by atoms with van der Waals surface area (Å²) in [5.41, 5.74) is 3.96. The second-order valence-electron chi connectivity index (χ2n) is 6.55. The fourth-order valence-corrected chi connectivity index (χ4v) is 3.87. The highest BCUT2D eigenvalue weighted by atomic mass is 32.2. The molecular formula is C23H21N3O2S. The van der Waals surface area contributed by atoms with Crippen molar-refractivity contribution in [3.05, 3.63) is 83.0 Å². The first-order valence-corrected chi connectivity index (χ1v) is 10.2. The van der Waals surface area contributed by atoms with Gasteiger partial charge in [0.15, 0.2) is 5.17 Å². The first-order chi connectivity index (χ1) is 14.1. The zero-order valence-electron chi connectivity index (χ0n) is 16.3. The summed E-state index contributed by atoms with van der Waals surface area (Å²) >= 11 is 1.34. The van der Waals surface area contributed by atoms with E-state index in [0.717, 1.165) is 22.8 Å². The quantitative estimate of drug-likeness (QED) is 0.605. The molecule has 146 valence electrons. The number of nitrogens with one attached hydrogen (secondary N) is 1. The molecule has 4 rings (SSSR count). The fraction of sp³-hybridized carbons (Fsp3) is 0.130. The van der Waals surface area contributed by atoms with Crippen LogP contribution >= 0.6 is 11.8 Å². The zero-order chi connectivity index (χ0) is 20.2. The van der Waals surface area contributed by atoms with Crippen LogP contribution in [0.5, 0.6) is 5.75 Å². The highest BCUT2D eigenvalue weighted by molar-refractivity contribution is 8.18. The number of ether oxygens (including phenoxy) is 1. The largest absolute Gasteiger partial charge is 0.494 e. The maximum atomic E-state index is 12.4. The van der Waals surface area contributed by atoms with Gasteiger partial charge < -0.3 is 14.6 Å². The van der Waals surface area contributed by atoms with Gasteiger partial charge in [0.2, 0.25) is 0 Å². The molecule has 5 nitrogen and oxygen atoms in total. The summed E-state index contributed by atoms with van der Waals surface area (Å²) < 4.78 is 7.51. The zero-order valence-corrected chi connectivity index (χ0v) is 17.1. The Hall–Kier alpha value is -3.25. The smallest absolute Gasteiger partial charge is 0.264 e. The van der Waals surface area contributed by atoms with Crippen LogP contribution in [0, 0.1) is 6.92 Å². The van der Waals surface area contributed by atoms with E-state index in [1.807, 2.05) is 61.7 Å². The molecule has 1 N–H and O–H groups in total. The lowest BCUT2D eigenvalue weighted by Crippen LogP contribution is -2.19. The normalized spacial score (nSPS) is 16.4. The topological polar surface area (TPSA) is 55.6 Å². The predicted octanol–water partition coefficient (Wildman–Crippen LogP) is 5.08. The minimum atomic E-state index is -0.142. The molecule has 1 amide bonds. The summed E-state index contributed by atoms with van der Waals surface area (Å²) in [5.74, 6) is 0.661. The molecule has 0 bridgehead atoms. The molecule has 1 saturated heterocycles. The van der Waals surface area contributed by atoms with Gasteiger partial charge in [-0.05, 0) is 85.8 Å². The third-order valence-electron chi connectivity index (χ3n) is 4.37. The molecule has 1 aliphatic rings. The number of rotatable bonds is 5. The molecule has 1 fully saturated rings. The average molecular weight is 404 g/mol. The molecule has 6 heteroatoms. The van der Waals surface area contributed by atoms with Crippen molar-refractivity contribution in [3.63, 3.8) is 0 Å². The van der Waals surface area contributed by atoms with Gasteiger partial charge in [-0.25, -0.2) is 4.99 Å². The molecule has 0 unspecified atom stereocenters. The van der Waals surface area contributed by atoms with E-state index in [9.17, 15) is 4.79 Å². The molecule has 29 heavy (non-hydrogen) atoms. The molecule has 3 aromatic rings. The number of amides is 1. The van der Waals surface area contributed by atoms with E-state index in [1.165, 1.54) is 17.3 Å². The van der Waals surface area contributed by atoms with Gasteiger partial charge in [0.25, 0.3) is 5.91 Å². The average Bonchev–Trinajstić information content (AvgIpc) is 3.30. The van der Waals surface area contributed by atoms with Crippen molar-refractivity contribution in [2.75, 3.05) is 6.61 Å². The van der Waals surface area contributed by atoms with Gasteiger partial charge in [-0.1, -0.05) is 12.1 Å². The molecule has 0 aliphatic carbocycles. The van der Waals surface area contributed by atoms with Gasteiger partial charge >= 0.3 is 0 Å². The second-order valence-corrected chi connectivity index (χ2v) is 7.58. The second kappa shape index (κ2) is 8.41. The number of benzene rings is 2. The molecule has 0 radical (unpaired) electrons. The summed E-state index contributed by atoms with van der Waals surface area (Å²) in [6.07, 6.45) is 3.89. The van der Waals surface area contributed by atoms with Crippen molar-refractivity contribution in [2.24, 2.45) is 4.99 Å². The van der Waals surface area contributed by atoms with Crippen molar-refractivity contribution in [2.45, 2.75) is 13.8 Å². The van der Waals surface area contributed by atoms with Crippen LogP contribution in [0.3, 0.4) is 0 Å². The van der Waals surface area contributed by atoms with Crippen molar-refractivity contribution in [1.82, 2.24) is 9.88 Å². The van der Waals surface area contributed by atoms with Crippen LogP contribution in [0.15, 0.2) is 76.8 Å². The Morgan fingerprint density at radius 1 is 1.14 bits per heavy atom. The van der Waals surface area contributed by atoms with Gasteiger partial charge in [0, 0.05) is 17.6 Å². The summed E-state index contributed by atoms with van der Waals surface area (Å²) in [4.78, 5) is 17.6. The van der Waals surface area contributed by atoms with Crippen LogP contribution in [0.25, 0.3) is 11.8 Å². The van der Waals surface area contributed by atoms with Gasteiger partial charge in [-0.3, -0.25) is 4.79 Å². The lowest BCUT2D eigenvalue weighted by molar-refractivity contribution is -0.115. The minimum absolute atomic E-state index is 0.142. The number of hydrogen-bond acceptors (Lipinski definition) is 4. The minimum Gasteiger partial charge on any atom is -0.494 e. The van der Waals surface area contributed by atoms with E-state index in [0.29, 0.717) is 16.7 Å². The number of nitrogens with zero attached hydrogens (tertiary/aromatic N) is 2. The van der Waals surface area contributed by atoms with E-state index in [1.54, 1.807) is 0 Å². The summed E-state index contributed by atoms with van der Waals surface area (Å²) in [6.45, 7) is 4.63. The van der Waals surface area contributed by atoms with Crippen molar-refractivity contribution < 1.29 is 9.53 Å². The number of aliphatic imine (C=N–C) groups is 1. The number of carbonyl (C=O) groups excluding carboxylic acids is 1. The van der Waals surface area contributed by atoms with Gasteiger partial charge in [-0.15, -0.1) is 0 Å². The third-order valence-corrected chi connectivity index (χ3v) is 5.28. The van der Waals surface area contributed by atoms with Gasteiger partial charge in [-0.2, -0.15) is 0 Å². The molecule has 0 atom stereocenters. The highest BCUT2D eigenvalue weighted by Crippen LogP contribution is 2.29. The van der Waals surface area contributed by atoms with E-state index >= 15 is 0 Å². The van der Waals surface area contributed by atoms with Crippen LogP contribution in [-0.4, -0.2) is 22.2 Å². The summed E-state index contributed by atoms with van der Waals surface area (Å²) in [6, 6.07) is 19.7. The van der Waals surface area contributed by atoms with E-state index in [2.05, 4.69) is 40.0 Å². The number of aromatic nitrogens is 1. The number of amidine groups is 1. The Balaban J connectivity index is 1.56. The van der Waals surface area contributed by atoms with Crippen LogP contribution in [0.1, 0.15) is 18.2 Å². The maximum Gasteiger partial charge on any atom is 0.264 e. The Bertz CT molecular complexity index is 1100. The number of hydrogen-bond donors (Lipinski definition) is 1. The van der Waals surface area contributed by atoms with E-state index < -0.39 is 0 Å². The Labute approximate surface area is 174 Å². The first kappa shape index (κ1) is 19.1. The monoisotopic (exact) mass is 403 g/mol. The molecule has 0 saturated carbocycles. The Kier molecular flexibility index (Phi) is 5.53. The maximum absolute atomic E-state index is 12.4. The standard InChI is InChI=1S/C23H21N3O2S/c1-3-28-20-11-9-17(10-12-20)24-23-25-22(27)21(29-23)15-19-8-5-13-26(19)18-7-4-6-16(2)14-18/h4-15H,3H2,1-2H3,(H,24,25,27)/b21-15+. The summed E-state index contributed by atoms with van der Waals surface area (Å²) in [7, 11) is 0. The lowest BCUT2D eigenvalue weighted by Gasteiger charge is -2.07. The van der Waals surface area contributed by atoms with E-state index in [4.69, 9.17) is 4.74 Å². The Morgan fingerprint density at radius 3 is 2.72 bits per heavy atom. The number of aryl methyl sites for hydroxylation is 1. The van der Waals surface area contributed by atoms with Crippen LogP contribution < -0.4 is 10.1 Å². The highest BCUT2D eigenvalue weighted by Gasteiger charge is 2.24. The van der Waals surface area contributed by atoms with Crippen LogP contribution in [0.2, 0.25) is 0 Å². The van der Waals surface area contributed by atoms with E-state index in [-0.39, 0.29) is 5.91 Å². The molecular weight excluding hydrogens is 382 g/mol. The van der Waals surface area contributed by atoms with Crippen molar-refractivity contribution in [3.8, 4) is 11.4 Å². The van der Waals surface area contributed by atoms with Gasteiger partial charge in [0.05, 0.1) is 17.2 Å². The lowest BCUT2D eigenvalue weighted by atomic mass is 10.2. The number of carbonyl (C=O) groups is 1. The Morgan fingerprint density at radius 2 is 1.97 bits per heavy atom. The van der Waals surface area contributed by atoms with Gasteiger partial charge in [0.1, 0.15) is 5.75 Å². The molecule has 2 aromatic carbocycles. The van der Waals surface area contributed by atoms with Crippen molar-refractivity contribution in [1.29, 1.82) is 0 Å². The van der Waals surface area contributed by atoms with Crippen molar-refractivity contribution >= 4 is 34.6 Å². The predicted molar refractivity (Wildman–Crippen MR) is 119 cm³/mol. The molecule has 1 aliphatic heterocycles.